The zero-order chi connectivity index (χ0) is 18.6. The molecule has 140 valence electrons. The van der Waals surface area contributed by atoms with Crippen LogP contribution in [-0.2, 0) is 6.54 Å². The minimum absolute atomic E-state index is 0.164. The van der Waals surface area contributed by atoms with Crippen LogP contribution in [0.3, 0.4) is 0 Å². The molecule has 2 heterocycles. The Bertz CT molecular complexity index is 742. The van der Waals surface area contributed by atoms with E-state index in [1.54, 1.807) is 31.5 Å². The third-order valence-corrected chi connectivity index (χ3v) is 3.98. The first-order valence-corrected chi connectivity index (χ1v) is 8.12. The average molecular weight is 368 g/mol. The highest BCUT2D eigenvalue weighted by atomic mass is 19.4. The molecule has 0 saturated carbocycles. The van der Waals surface area contributed by atoms with Crippen molar-refractivity contribution in [2.45, 2.75) is 25.4 Å². The maximum absolute atomic E-state index is 12.3. The van der Waals surface area contributed by atoms with Gasteiger partial charge in [0.25, 0.3) is 0 Å². The van der Waals surface area contributed by atoms with Gasteiger partial charge in [0.15, 0.2) is 0 Å². The molecule has 0 amide bonds. The van der Waals surface area contributed by atoms with Crippen LogP contribution in [0.2, 0.25) is 0 Å². The molecule has 26 heavy (non-hydrogen) atoms. The minimum atomic E-state index is -4.68. The summed E-state index contributed by atoms with van der Waals surface area (Å²) in [4.78, 5) is 10.5. The van der Waals surface area contributed by atoms with Crippen molar-refractivity contribution in [3.63, 3.8) is 0 Å². The molecule has 3 rings (SSSR count). The van der Waals surface area contributed by atoms with Gasteiger partial charge in [0.2, 0.25) is 11.8 Å². The monoisotopic (exact) mass is 368 g/mol. The molecule has 1 aromatic heterocycles. The lowest BCUT2D eigenvalue weighted by molar-refractivity contribution is -0.274. The number of ether oxygens (including phenoxy) is 2. The molecule has 0 spiro atoms. The molecule has 1 N–H and O–H groups in total. The van der Waals surface area contributed by atoms with Crippen LogP contribution in [0.4, 0.5) is 19.1 Å². The van der Waals surface area contributed by atoms with Crippen LogP contribution in [0.25, 0.3) is 0 Å². The van der Waals surface area contributed by atoms with Crippen molar-refractivity contribution < 1.29 is 22.6 Å². The van der Waals surface area contributed by atoms with Gasteiger partial charge in [0.05, 0.1) is 7.11 Å². The van der Waals surface area contributed by atoms with E-state index in [1.807, 2.05) is 0 Å². The van der Waals surface area contributed by atoms with Crippen molar-refractivity contribution in [3.05, 3.63) is 42.1 Å². The number of hydrogen-bond acceptors (Lipinski definition) is 6. The number of alkyl halides is 3. The van der Waals surface area contributed by atoms with Crippen LogP contribution in [0, 0.1) is 0 Å². The number of benzene rings is 1. The maximum atomic E-state index is 12.3. The standard InChI is InChI=1S/C17H19F3N4O2/c1-25-15-5-7-21-16(23-15)22-13-6-8-24(11-13)10-12-3-2-4-14(9-12)26-17(18,19)20/h2-5,7,9,13H,6,8,10-11H2,1H3,(H,21,22,23). The summed E-state index contributed by atoms with van der Waals surface area (Å²) in [6.07, 6.45) is -2.18. The SMILES string of the molecule is COc1ccnc(NC2CCN(Cc3cccc(OC(F)(F)F)c3)C2)n1. The molecule has 9 heteroatoms. The third kappa shape index (κ3) is 5.22. The first-order valence-electron chi connectivity index (χ1n) is 8.12. The first kappa shape index (κ1) is 18.2. The van der Waals surface area contributed by atoms with Gasteiger partial charge in [0, 0.05) is 37.9 Å². The highest BCUT2D eigenvalue weighted by Crippen LogP contribution is 2.24. The van der Waals surface area contributed by atoms with Crippen molar-refractivity contribution in [2.75, 3.05) is 25.5 Å². The second kappa shape index (κ2) is 7.77. The van der Waals surface area contributed by atoms with Gasteiger partial charge in [-0.05, 0) is 24.1 Å². The van der Waals surface area contributed by atoms with Crippen LogP contribution >= 0.6 is 0 Å². The third-order valence-electron chi connectivity index (χ3n) is 3.98. The Morgan fingerprint density at radius 1 is 1.31 bits per heavy atom. The maximum Gasteiger partial charge on any atom is 0.573 e. The number of nitrogens with zero attached hydrogens (tertiary/aromatic N) is 3. The number of halogens is 3. The van der Waals surface area contributed by atoms with Crippen molar-refractivity contribution in [2.24, 2.45) is 0 Å². The molecule has 1 saturated heterocycles. The van der Waals surface area contributed by atoms with Gasteiger partial charge >= 0.3 is 6.36 Å². The normalized spacial score (nSPS) is 17.9. The van der Waals surface area contributed by atoms with Crippen LogP contribution < -0.4 is 14.8 Å². The summed E-state index contributed by atoms with van der Waals surface area (Å²) in [5.74, 6) is 0.782. The lowest BCUT2D eigenvalue weighted by Gasteiger charge is -2.17. The Labute approximate surface area is 149 Å². The second-order valence-corrected chi connectivity index (χ2v) is 5.98. The predicted octanol–water partition coefficient (Wildman–Crippen LogP) is 3.07. The second-order valence-electron chi connectivity index (χ2n) is 5.98. The number of hydrogen-bond donors (Lipinski definition) is 1. The lowest BCUT2D eigenvalue weighted by atomic mass is 10.2. The molecule has 1 aliphatic heterocycles. The number of anilines is 1. The number of aromatic nitrogens is 2. The summed E-state index contributed by atoms with van der Waals surface area (Å²) in [5.41, 5.74) is 0.769. The summed E-state index contributed by atoms with van der Waals surface area (Å²) in [6, 6.07) is 7.89. The molecule has 0 bridgehead atoms. The highest BCUT2D eigenvalue weighted by molar-refractivity contribution is 5.30. The summed E-state index contributed by atoms with van der Waals surface area (Å²) < 4.78 is 46.0. The van der Waals surface area contributed by atoms with E-state index in [4.69, 9.17) is 4.74 Å². The molecule has 1 aliphatic rings. The molecule has 6 nitrogen and oxygen atoms in total. The van der Waals surface area contributed by atoms with Crippen molar-refractivity contribution in [1.29, 1.82) is 0 Å². The molecule has 1 aromatic carbocycles. The molecular weight excluding hydrogens is 349 g/mol. The Balaban J connectivity index is 1.55. The Morgan fingerprint density at radius 3 is 2.92 bits per heavy atom. The fourth-order valence-corrected chi connectivity index (χ4v) is 2.90. The molecule has 1 unspecified atom stereocenters. The Kier molecular flexibility index (Phi) is 5.46. The van der Waals surface area contributed by atoms with E-state index in [2.05, 4.69) is 24.9 Å². The van der Waals surface area contributed by atoms with Gasteiger partial charge in [-0.25, -0.2) is 4.98 Å². The van der Waals surface area contributed by atoms with Gasteiger partial charge in [-0.2, -0.15) is 4.98 Å². The number of likely N-dealkylation sites (tertiary alicyclic amines) is 1. The molecule has 1 atom stereocenters. The molecule has 0 aliphatic carbocycles. The average Bonchev–Trinajstić information content (AvgIpc) is 3.00. The number of methoxy groups -OCH3 is 1. The fourth-order valence-electron chi connectivity index (χ4n) is 2.90. The minimum Gasteiger partial charge on any atom is -0.481 e. The largest absolute Gasteiger partial charge is 0.573 e. The zero-order valence-electron chi connectivity index (χ0n) is 14.2. The van der Waals surface area contributed by atoms with E-state index in [-0.39, 0.29) is 11.8 Å². The van der Waals surface area contributed by atoms with Crippen molar-refractivity contribution >= 4 is 5.95 Å². The van der Waals surface area contributed by atoms with E-state index >= 15 is 0 Å². The molecule has 0 radical (unpaired) electrons. The summed E-state index contributed by atoms with van der Waals surface area (Å²) in [6.45, 7) is 2.11. The van der Waals surface area contributed by atoms with Gasteiger partial charge in [-0.3, -0.25) is 4.90 Å². The topological polar surface area (TPSA) is 59.5 Å². The van der Waals surface area contributed by atoms with E-state index in [0.717, 1.165) is 25.1 Å². The van der Waals surface area contributed by atoms with E-state index in [1.165, 1.54) is 12.1 Å². The number of rotatable bonds is 6. The van der Waals surface area contributed by atoms with E-state index < -0.39 is 6.36 Å². The molecule has 1 fully saturated rings. The van der Waals surface area contributed by atoms with Gasteiger partial charge < -0.3 is 14.8 Å². The van der Waals surface area contributed by atoms with Crippen molar-refractivity contribution in [1.82, 2.24) is 14.9 Å². The summed E-state index contributed by atoms with van der Waals surface area (Å²) in [7, 11) is 1.54. The van der Waals surface area contributed by atoms with Crippen molar-refractivity contribution in [3.8, 4) is 11.6 Å². The smallest absolute Gasteiger partial charge is 0.481 e. The van der Waals surface area contributed by atoms with Crippen LogP contribution in [-0.4, -0.2) is 47.5 Å². The predicted molar refractivity (Wildman–Crippen MR) is 89.0 cm³/mol. The van der Waals surface area contributed by atoms with Crippen LogP contribution in [0.1, 0.15) is 12.0 Å². The van der Waals surface area contributed by atoms with Gasteiger partial charge in [-0.15, -0.1) is 13.2 Å². The quantitative estimate of drug-likeness (QED) is 0.846. The Hall–Kier alpha value is -2.55. The van der Waals surface area contributed by atoms with Crippen LogP contribution in [0.15, 0.2) is 36.5 Å². The number of nitrogens with one attached hydrogen (secondary N) is 1. The van der Waals surface area contributed by atoms with E-state index in [9.17, 15) is 13.2 Å². The van der Waals surface area contributed by atoms with Gasteiger partial charge in [-0.1, -0.05) is 12.1 Å². The Morgan fingerprint density at radius 2 is 2.15 bits per heavy atom. The lowest BCUT2D eigenvalue weighted by Crippen LogP contribution is -2.26. The first-order chi connectivity index (χ1) is 12.4. The molecular formula is C17H19F3N4O2. The molecule has 2 aromatic rings. The summed E-state index contributed by atoms with van der Waals surface area (Å²) in [5, 5.41) is 3.26. The summed E-state index contributed by atoms with van der Waals surface area (Å²) >= 11 is 0. The van der Waals surface area contributed by atoms with Gasteiger partial charge in [0.1, 0.15) is 5.75 Å². The highest BCUT2D eigenvalue weighted by Gasteiger charge is 2.31. The van der Waals surface area contributed by atoms with Crippen LogP contribution in [0.5, 0.6) is 11.6 Å². The van der Waals surface area contributed by atoms with E-state index in [0.29, 0.717) is 18.4 Å². The zero-order valence-corrected chi connectivity index (χ0v) is 14.2. The fraction of sp³-hybridized carbons (Fsp3) is 0.412.